The van der Waals surface area contributed by atoms with Gasteiger partial charge in [-0.2, -0.15) is 5.26 Å². The highest BCUT2D eigenvalue weighted by Gasteiger charge is 2.18. The Bertz CT molecular complexity index is 397. The molecule has 0 bridgehead atoms. The van der Waals surface area contributed by atoms with Crippen LogP contribution in [0.5, 0.6) is 5.75 Å². The number of morpholine rings is 1. The average molecular weight is 232 g/mol. The number of hydrogen-bond donors (Lipinski definition) is 1. The van der Waals surface area contributed by atoms with E-state index >= 15 is 0 Å². The summed E-state index contributed by atoms with van der Waals surface area (Å²) in [6.45, 7) is 4.29. The van der Waals surface area contributed by atoms with Gasteiger partial charge in [-0.3, -0.25) is 0 Å². The van der Waals surface area contributed by atoms with Crippen molar-refractivity contribution in [3.63, 3.8) is 0 Å². The molecule has 90 valence electrons. The van der Waals surface area contributed by atoms with E-state index in [4.69, 9.17) is 14.7 Å². The van der Waals surface area contributed by atoms with Crippen LogP contribution in [-0.2, 0) is 4.74 Å². The fraction of sp³-hybridized carbons (Fsp3) is 0.462. The molecule has 4 nitrogen and oxygen atoms in total. The third-order valence-corrected chi connectivity index (χ3v) is 2.65. The fourth-order valence-corrected chi connectivity index (χ4v) is 1.79. The minimum Gasteiger partial charge on any atom is -0.491 e. The summed E-state index contributed by atoms with van der Waals surface area (Å²) < 4.78 is 11.3. The Morgan fingerprint density at radius 3 is 2.82 bits per heavy atom. The molecule has 2 unspecified atom stereocenters. The van der Waals surface area contributed by atoms with Gasteiger partial charge in [0, 0.05) is 13.1 Å². The second-order valence-electron chi connectivity index (χ2n) is 4.17. The Kier molecular flexibility index (Phi) is 3.97. The second-order valence-corrected chi connectivity index (χ2v) is 4.17. The van der Waals surface area contributed by atoms with Crippen molar-refractivity contribution in [1.82, 2.24) is 5.32 Å². The van der Waals surface area contributed by atoms with Crippen LogP contribution in [0.1, 0.15) is 12.5 Å². The van der Waals surface area contributed by atoms with Gasteiger partial charge in [-0.05, 0) is 31.2 Å². The van der Waals surface area contributed by atoms with E-state index in [1.54, 1.807) is 24.3 Å². The lowest BCUT2D eigenvalue weighted by molar-refractivity contribution is -0.0470. The van der Waals surface area contributed by atoms with E-state index < -0.39 is 0 Å². The van der Waals surface area contributed by atoms with Crippen LogP contribution in [0.15, 0.2) is 24.3 Å². The third-order valence-electron chi connectivity index (χ3n) is 2.65. The maximum atomic E-state index is 8.67. The van der Waals surface area contributed by atoms with Crippen molar-refractivity contribution in [2.45, 2.75) is 19.1 Å². The summed E-state index contributed by atoms with van der Waals surface area (Å²) in [4.78, 5) is 0. The van der Waals surface area contributed by atoms with E-state index in [2.05, 4.69) is 11.4 Å². The lowest BCUT2D eigenvalue weighted by atomic mass is 10.2. The molecule has 17 heavy (non-hydrogen) atoms. The number of hydrogen-bond acceptors (Lipinski definition) is 4. The maximum absolute atomic E-state index is 8.67. The summed E-state index contributed by atoms with van der Waals surface area (Å²) in [6, 6.07) is 9.18. The number of ether oxygens (including phenoxy) is 2. The molecule has 0 radical (unpaired) electrons. The van der Waals surface area contributed by atoms with Crippen molar-refractivity contribution in [3.8, 4) is 11.8 Å². The molecule has 1 aromatic rings. The van der Waals surface area contributed by atoms with Crippen molar-refractivity contribution in [2.24, 2.45) is 0 Å². The highest BCUT2D eigenvalue weighted by molar-refractivity contribution is 5.34. The molecule has 1 N–H and O–H groups in total. The summed E-state index contributed by atoms with van der Waals surface area (Å²) in [7, 11) is 0. The minimum absolute atomic E-state index is 0.0920. The number of nitrogens with zero attached hydrogens (tertiary/aromatic N) is 1. The normalized spacial score (nSPS) is 24.0. The minimum atomic E-state index is 0.0920. The molecule has 0 saturated carbocycles. The van der Waals surface area contributed by atoms with E-state index in [0.717, 1.165) is 18.8 Å². The molecule has 1 aromatic carbocycles. The first kappa shape index (κ1) is 11.9. The van der Waals surface area contributed by atoms with Crippen molar-refractivity contribution in [2.75, 3.05) is 19.7 Å². The Morgan fingerprint density at radius 2 is 2.18 bits per heavy atom. The number of nitrogens with one attached hydrogen (secondary N) is 1. The quantitative estimate of drug-likeness (QED) is 0.853. The van der Waals surface area contributed by atoms with Crippen molar-refractivity contribution in [1.29, 1.82) is 5.26 Å². The van der Waals surface area contributed by atoms with Gasteiger partial charge in [0.05, 0.1) is 17.7 Å². The van der Waals surface area contributed by atoms with Gasteiger partial charge in [0.1, 0.15) is 18.5 Å². The smallest absolute Gasteiger partial charge is 0.119 e. The van der Waals surface area contributed by atoms with Crippen LogP contribution in [-0.4, -0.2) is 31.9 Å². The summed E-state index contributed by atoms with van der Waals surface area (Å²) in [6.07, 6.45) is 0.327. The molecule has 1 saturated heterocycles. The predicted octanol–water partition coefficient (Wildman–Crippen LogP) is 1.31. The molecule has 2 atom stereocenters. The lowest BCUT2D eigenvalue weighted by Crippen LogP contribution is -2.45. The van der Waals surface area contributed by atoms with Gasteiger partial charge in [-0.25, -0.2) is 0 Å². The summed E-state index contributed by atoms with van der Waals surface area (Å²) in [5.41, 5.74) is 0.640. The molecule has 1 heterocycles. The first-order valence-electron chi connectivity index (χ1n) is 5.77. The van der Waals surface area contributed by atoms with Gasteiger partial charge in [0.2, 0.25) is 0 Å². The molecule has 2 rings (SSSR count). The van der Waals surface area contributed by atoms with Crippen LogP contribution in [0.4, 0.5) is 0 Å². The SMILES string of the molecule is CC1CNCC(COc2ccc(C#N)cc2)O1. The zero-order valence-electron chi connectivity index (χ0n) is 9.85. The standard InChI is InChI=1S/C13H16N2O2/c1-10-7-15-8-13(17-10)9-16-12-4-2-11(6-14)3-5-12/h2-5,10,13,15H,7-9H2,1H3. The Labute approximate surface area is 101 Å². The zero-order chi connectivity index (χ0) is 12.1. The van der Waals surface area contributed by atoms with E-state index in [9.17, 15) is 0 Å². The molecule has 1 fully saturated rings. The van der Waals surface area contributed by atoms with Crippen LogP contribution in [0, 0.1) is 11.3 Å². The average Bonchev–Trinajstić information content (AvgIpc) is 2.37. The molecule has 4 heteroatoms. The summed E-state index contributed by atoms with van der Waals surface area (Å²) >= 11 is 0. The number of nitriles is 1. The van der Waals surface area contributed by atoms with Crippen LogP contribution in [0.2, 0.25) is 0 Å². The maximum Gasteiger partial charge on any atom is 0.119 e. The highest BCUT2D eigenvalue weighted by atomic mass is 16.5. The second kappa shape index (κ2) is 5.67. The van der Waals surface area contributed by atoms with Gasteiger partial charge in [0.15, 0.2) is 0 Å². The first-order chi connectivity index (χ1) is 8.28. The molecule has 1 aliphatic heterocycles. The van der Waals surface area contributed by atoms with Gasteiger partial charge in [0.25, 0.3) is 0 Å². The van der Waals surface area contributed by atoms with Crippen LogP contribution in [0.25, 0.3) is 0 Å². The molecular weight excluding hydrogens is 216 g/mol. The van der Waals surface area contributed by atoms with Crippen LogP contribution < -0.4 is 10.1 Å². The topological polar surface area (TPSA) is 54.3 Å². The third kappa shape index (κ3) is 3.45. The monoisotopic (exact) mass is 232 g/mol. The van der Waals surface area contributed by atoms with Crippen molar-refractivity contribution < 1.29 is 9.47 Å². The van der Waals surface area contributed by atoms with Gasteiger partial charge >= 0.3 is 0 Å². The summed E-state index contributed by atoms with van der Waals surface area (Å²) in [5.74, 6) is 0.769. The van der Waals surface area contributed by atoms with E-state index in [1.165, 1.54) is 0 Å². The zero-order valence-corrected chi connectivity index (χ0v) is 9.85. The molecule has 0 spiro atoms. The van der Waals surface area contributed by atoms with Crippen LogP contribution in [0.3, 0.4) is 0 Å². The Balaban J connectivity index is 1.83. The van der Waals surface area contributed by atoms with Crippen molar-refractivity contribution >= 4 is 0 Å². The van der Waals surface area contributed by atoms with Crippen LogP contribution >= 0.6 is 0 Å². The molecular formula is C13H16N2O2. The molecule has 1 aliphatic rings. The lowest BCUT2D eigenvalue weighted by Gasteiger charge is -2.28. The van der Waals surface area contributed by atoms with E-state index in [-0.39, 0.29) is 12.2 Å². The van der Waals surface area contributed by atoms with E-state index in [0.29, 0.717) is 12.2 Å². The fourth-order valence-electron chi connectivity index (χ4n) is 1.79. The van der Waals surface area contributed by atoms with Gasteiger partial charge < -0.3 is 14.8 Å². The molecule has 0 aliphatic carbocycles. The Morgan fingerprint density at radius 1 is 1.41 bits per heavy atom. The van der Waals surface area contributed by atoms with Gasteiger partial charge in [-0.15, -0.1) is 0 Å². The number of rotatable bonds is 3. The molecule has 0 amide bonds. The largest absolute Gasteiger partial charge is 0.491 e. The number of benzene rings is 1. The van der Waals surface area contributed by atoms with Crippen molar-refractivity contribution in [3.05, 3.63) is 29.8 Å². The summed E-state index contributed by atoms with van der Waals surface area (Å²) in [5, 5.41) is 12.0. The predicted molar refractivity (Wildman–Crippen MR) is 63.9 cm³/mol. The highest BCUT2D eigenvalue weighted by Crippen LogP contribution is 2.13. The Hall–Kier alpha value is -1.57. The molecule has 0 aromatic heterocycles. The van der Waals surface area contributed by atoms with E-state index in [1.807, 2.05) is 6.92 Å². The first-order valence-corrected chi connectivity index (χ1v) is 5.77. The van der Waals surface area contributed by atoms with Gasteiger partial charge in [-0.1, -0.05) is 0 Å².